The summed E-state index contributed by atoms with van der Waals surface area (Å²) in [5.74, 6) is 0.734. The number of nitrogens with zero attached hydrogens (tertiary/aromatic N) is 2. The number of aliphatic hydroxyl groups excluding tert-OH is 1. The highest BCUT2D eigenvalue weighted by atomic mass is 16.5. The van der Waals surface area contributed by atoms with E-state index in [1.807, 2.05) is 12.1 Å². The maximum atomic E-state index is 12.7. The number of carbonyl (C=O) groups excluding carboxylic acids is 1. The van der Waals surface area contributed by atoms with E-state index < -0.39 is 0 Å². The highest BCUT2D eigenvalue weighted by molar-refractivity contribution is 5.92. The number of aromatic nitrogens is 2. The molecule has 2 N–H and O–H groups in total. The highest BCUT2D eigenvalue weighted by Crippen LogP contribution is 2.39. The zero-order valence-electron chi connectivity index (χ0n) is 14.5. The molecule has 1 fully saturated rings. The van der Waals surface area contributed by atoms with Crippen LogP contribution in [0.4, 0.5) is 0 Å². The highest BCUT2D eigenvalue weighted by Gasteiger charge is 2.36. The van der Waals surface area contributed by atoms with E-state index in [2.05, 4.69) is 16.5 Å². The molecular weight excluding hydrogens is 334 g/mol. The molecule has 2 aliphatic rings. The van der Waals surface area contributed by atoms with Crippen LogP contribution in [0.1, 0.15) is 40.5 Å². The van der Waals surface area contributed by atoms with Gasteiger partial charge in [0.05, 0.1) is 18.8 Å². The summed E-state index contributed by atoms with van der Waals surface area (Å²) in [6.07, 6.45) is 1.85. The third-order valence-electron chi connectivity index (χ3n) is 5.17. The SMILES string of the molecule is Cn1nc(C(=O)N[C@H](c2ccc3c(c2)CCO3)C2CC(O)C2)ccc1=O. The Morgan fingerprint density at radius 3 is 2.88 bits per heavy atom. The first-order valence-electron chi connectivity index (χ1n) is 8.80. The maximum Gasteiger partial charge on any atom is 0.272 e. The van der Waals surface area contributed by atoms with Crippen molar-refractivity contribution < 1.29 is 14.6 Å². The minimum absolute atomic E-state index is 0.168. The van der Waals surface area contributed by atoms with Crippen molar-refractivity contribution in [3.63, 3.8) is 0 Å². The topological polar surface area (TPSA) is 93.5 Å². The van der Waals surface area contributed by atoms with E-state index in [1.165, 1.54) is 19.2 Å². The minimum Gasteiger partial charge on any atom is -0.493 e. The average molecular weight is 355 g/mol. The van der Waals surface area contributed by atoms with E-state index in [0.717, 1.165) is 28.0 Å². The Kier molecular flexibility index (Phi) is 4.24. The van der Waals surface area contributed by atoms with E-state index in [4.69, 9.17) is 4.74 Å². The van der Waals surface area contributed by atoms with Crippen LogP contribution in [0, 0.1) is 5.92 Å². The van der Waals surface area contributed by atoms with Crippen LogP contribution in [-0.2, 0) is 13.5 Å². The van der Waals surface area contributed by atoms with Crippen molar-refractivity contribution >= 4 is 5.91 Å². The van der Waals surface area contributed by atoms with Crippen molar-refractivity contribution in [2.75, 3.05) is 6.61 Å². The molecule has 2 aromatic rings. The van der Waals surface area contributed by atoms with E-state index in [9.17, 15) is 14.7 Å². The Morgan fingerprint density at radius 1 is 1.35 bits per heavy atom. The lowest BCUT2D eigenvalue weighted by Crippen LogP contribution is -2.42. The number of nitrogens with one attached hydrogen (secondary N) is 1. The molecule has 1 aromatic carbocycles. The Labute approximate surface area is 150 Å². The lowest BCUT2D eigenvalue weighted by molar-refractivity contribution is 0.0234. The number of rotatable bonds is 4. The molecule has 4 rings (SSSR count). The van der Waals surface area contributed by atoms with Gasteiger partial charge in [0.15, 0.2) is 0 Å². The fraction of sp³-hybridized carbons (Fsp3) is 0.421. The second-order valence-electron chi connectivity index (χ2n) is 6.98. The number of hydrogen-bond acceptors (Lipinski definition) is 5. The summed E-state index contributed by atoms with van der Waals surface area (Å²) >= 11 is 0. The van der Waals surface area contributed by atoms with Gasteiger partial charge < -0.3 is 15.2 Å². The molecule has 1 saturated carbocycles. The molecule has 136 valence electrons. The second-order valence-corrected chi connectivity index (χ2v) is 6.98. The predicted molar refractivity (Wildman–Crippen MR) is 94.1 cm³/mol. The van der Waals surface area contributed by atoms with Crippen LogP contribution in [0.3, 0.4) is 0 Å². The number of benzene rings is 1. The number of aliphatic hydroxyl groups is 1. The molecule has 1 aliphatic carbocycles. The van der Waals surface area contributed by atoms with Gasteiger partial charge in [0.2, 0.25) is 0 Å². The lowest BCUT2D eigenvalue weighted by Gasteiger charge is -2.38. The summed E-state index contributed by atoms with van der Waals surface area (Å²) in [5.41, 5.74) is 2.08. The minimum atomic E-state index is -0.330. The summed E-state index contributed by atoms with van der Waals surface area (Å²) in [4.78, 5) is 24.2. The van der Waals surface area contributed by atoms with Gasteiger partial charge in [-0.3, -0.25) is 9.59 Å². The van der Waals surface area contributed by atoms with Crippen LogP contribution in [0.5, 0.6) is 5.75 Å². The van der Waals surface area contributed by atoms with Gasteiger partial charge in [-0.15, -0.1) is 0 Å². The molecule has 1 amide bonds. The summed E-state index contributed by atoms with van der Waals surface area (Å²) in [7, 11) is 1.51. The molecule has 0 bridgehead atoms. The third-order valence-corrected chi connectivity index (χ3v) is 5.17. The van der Waals surface area contributed by atoms with E-state index in [-0.39, 0.29) is 35.2 Å². The van der Waals surface area contributed by atoms with Crippen LogP contribution >= 0.6 is 0 Å². The Hall–Kier alpha value is -2.67. The molecule has 7 heteroatoms. The zero-order chi connectivity index (χ0) is 18.3. The number of fused-ring (bicyclic) bond motifs is 1. The van der Waals surface area contributed by atoms with Gasteiger partial charge in [0, 0.05) is 19.5 Å². The van der Waals surface area contributed by atoms with Crippen molar-refractivity contribution in [1.29, 1.82) is 0 Å². The number of ether oxygens (including phenoxy) is 1. The second kappa shape index (κ2) is 6.57. The number of aryl methyl sites for hydroxylation is 1. The Balaban J connectivity index is 1.60. The third kappa shape index (κ3) is 3.10. The quantitative estimate of drug-likeness (QED) is 0.852. The molecule has 0 spiro atoms. The maximum absolute atomic E-state index is 12.7. The molecule has 0 saturated heterocycles. The number of hydrogen-bond donors (Lipinski definition) is 2. The number of amides is 1. The van der Waals surface area contributed by atoms with Crippen LogP contribution in [0.2, 0.25) is 0 Å². The van der Waals surface area contributed by atoms with Crippen LogP contribution in [0.25, 0.3) is 0 Å². The van der Waals surface area contributed by atoms with Gasteiger partial charge >= 0.3 is 0 Å². The monoisotopic (exact) mass is 355 g/mol. The van der Waals surface area contributed by atoms with Gasteiger partial charge in [0.25, 0.3) is 11.5 Å². The van der Waals surface area contributed by atoms with Crippen LogP contribution < -0.4 is 15.6 Å². The lowest BCUT2D eigenvalue weighted by atomic mass is 9.75. The molecule has 1 aromatic heterocycles. The fourth-order valence-electron chi connectivity index (χ4n) is 3.61. The molecule has 0 unspecified atom stereocenters. The first-order valence-corrected chi connectivity index (χ1v) is 8.80. The molecule has 1 atom stereocenters. The molecular formula is C19H21N3O4. The van der Waals surface area contributed by atoms with Gasteiger partial charge in [0.1, 0.15) is 11.4 Å². The molecule has 26 heavy (non-hydrogen) atoms. The Bertz CT molecular complexity index is 902. The molecule has 7 nitrogen and oxygen atoms in total. The molecule has 2 heterocycles. The van der Waals surface area contributed by atoms with Gasteiger partial charge in [-0.2, -0.15) is 5.10 Å². The fourth-order valence-corrected chi connectivity index (χ4v) is 3.61. The van der Waals surface area contributed by atoms with Crippen molar-refractivity contribution in [2.45, 2.75) is 31.4 Å². The van der Waals surface area contributed by atoms with E-state index in [1.54, 1.807) is 0 Å². The van der Waals surface area contributed by atoms with Crippen LogP contribution in [-0.4, -0.2) is 33.5 Å². The average Bonchev–Trinajstić information content (AvgIpc) is 3.07. The molecule has 1 aliphatic heterocycles. The largest absolute Gasteiger partial charge is 0.493 e. The first-order chi connectivity index (χ1) is 12.5. The molecule has 0 radical (unpaired) electrons. The Morgan fingerprint density at radius 2 is 2.15 bits per heavy atom. The smallest absolute Gasteiger partial charge is 0.272 e. The zero-order valence-corrected chi connectivity index (χ0v) is 14.5. The van der Waals surface area contributed by atoms with Gasteiger partial charge in [-0.25, -0.2) is 4.68 Å². The summed E-state index contributed by atoms with van der Waals surface area (Å²) in [6.45, 7) is 0.680. The van der Waals surface area contributed by atoms with Crippen molar-refractivity contribution in [3.8, 4) is 5.75 Å². The van der Waals surface area contributed by atoms with Crippen LogP contribution in [0.15, 0.2) is 35.1 Å². The van der Waals surface area contributed by atoms with Gasteiger partial charge in [-0.1, -0.05) is 6.07 Å². The summed E-state index contributed by atoms with van der Waals surface area (Å²) in [6, 6.07) is 8.53. The van der Waals surface area contributed by atoms with Crippen molar-refractivity contribution in [3.05, 3.63) is 57.5 Å². The normalized spacial score (nSPS) is 22.1. The summed E-state index contributed by atoms with van der Waals surface area (Å²) in [5, 5.41) is 16.8. The van der Waals surface area contributed by atoms with E-state index in [0.29, 0.717) is 19.4 Å². The predicted octanol–water partition coefficient (Wildman–Crippen LogP) is 0.957. The number of carbonyl (C=O) groups is 1. The summed E-state index contributed by atoms with van der Waals surface area (Å²) < 4.78 is 6.70. The van der Waals surface area contributed by atoms with Gasteiger partial charge in [-0.05, 0) is 48.1 Å². The standard InChI is InChI=1S/C19H21N3O4/c1-22-17(24)5-3-15(21-22)19(25)20-18(13-9-14(23)10-13)12-2-4-16-11(8-12)6-7-26-16/h2-5,8,13-14,18,23H,6-7,9-10H2,1H3,(H,20,25)/t13?,14?,18-/m1/s1. The van der Waals surface area contributed by atoms with Crippen molar-refractivity contribution in [2.24, 2.45) is 13.0 Å². The van der Waals surface area contributed by atoms with Crippen molar-refractivity contribution in [1.82, 2.24) is 15.1 Å². The van der Waals surface area contributed by atoms with E-state index >= 15 is 0 Å². The first kappa shape index (κ1) is 16.8.